The SMILES string of the molecule is CCc1ccc(N([C@@H](C)C(=O)N[C@H](CC)c2ccc(C)cc2)S(C)(=O)=O)cc1. The van der Waals surface area contributed by atoms with Gasteiger partial charge in [0.2, 0.25) is 15.9 Å². The Hall–Kier alpha value is -2.34. The molecule has 0 heterocycles. The molecule has 0 saturated heterocycles. The van der Waals surface area contributed by atoms with E-state index in [1.165, 1.54) is 4.31 Å². The number of hydrogen-bond acceptors (Lipinski definition) is 3. The molecular weight excluding hydrogens is 372 g/mol. The zero-order valence-corrected chi connectivity index (χ0v) is 18.1. The third-order valence-electron chi connectivity index (χ3n) is 4.89. The molecule has 2 aromatic rings. The molecular formula is C22H30N2O3S. The summed E-state index contributed by atoms with van der Waals surface area (Å²) in [6, 6.07) is 14.2. The molecule has 28 heavy (non-hydrogen) atoms. The van der Waals surface area contributed by atoms with Gasteiger partial charge < -0.3 is 5.32 Å². The Morgan fingerprint density at radius 3 is 2.07 bits per heavy atom. The Kier molecular flexibility index (Phi) is 7.24. The largest absolute Gasteiger partial charge is 0.347 e. The summed E-state index contributed by atoms with van der Waals surface area (Å²) < 4.78 is 26.1. The van der Waals surface area contributed by atoms with Crippen molar-refractivity contribution in [2.24, 2.45) is 0 Å². The van der Waals surface area contributed by atoms with Gasteiger partial charge in [0, 0.05) is 0 Å². The fourth-order valence-corrected chi connectivity index (χ4v) is 4.37. The Morgan fingerprint density at radius 1 is 1.04 bits per heavy atom. The molecule has 0 aliphatic heterocycles. The number of rotatable bonds is 8. The van der Waals surface area contributed by atoms with Crippen LogP contribution in [0.5, 0.6) is 0 Å². The summed E-state index contributed by atoms with van der Waals surface area (Å²) in [7, 11) is -3.62. The third-order valence-corrected chi connectivity index (χ3v) is 6.13. The molecule has 0 saturated carbocycles. The summed E-state index contributed by atoms with van der Waals surface area (Å²) in [4.78, 5) is 12.9. The summed E-state index contributed by atoms with van der Waals surface area (Å²) in [5.41, 5.74) is 3.76. The van der Waals surface area contributed by atoms with E-state index in [4.69, 9.17) is 0 Å². The number of nitrogens with zero attached hydrogens (tertiary/aromatic N) is 1. The van der Waals surface area contributed by atoms with Crippen molar-refractivity contribution in [2.45, 2.75) is 52.6 Å². The van der Waals surface area contributed by atoms with Gasteiger partial charge in [0.25, 0.3) is 0 Å². The van der Waals surface area contributed by atoms with Crippen LogP contribution in [0.15, 0.2) is 48.5 Å². The van der Waals surface area contributed by atoms with Crippen LogP contribution < -0.4 is 9.62 Å². The van der Waals surface area contributed by atoms with E-state index in [-0.39, 0.29) is 11.9 Å². The Labute approximate surface area is 168 Å². The maximum atomic E-state index is 12.9. The molecule has 1 amide bonds. The van der Waals surface area contributed by atoms with Crippen molar-refractivity contribution in [1.82, 2.24) is 5.32 Å². The molecule has 0 aliphatic carbocycles. The average molecular weight is 403 g/mol. The fraction of sp³-hybridized carbons (Fsp3) is 0.409. The zero-order valence-electron chi connectivity index (χ0n) is 17.3. The number of sulfonamides is 1. The quantitative estimate of drug-likeness (QED) is 0.726. The summed E-state index contributed by atoms with van der Waals surface area (Å²) in [6.07, 6.45) is 2.71. The highest BCUT2D eigenvalue weighted by molar-refractivity contribution is 7.92. The molecule has 0 aromatic heterocycles. The first-order valence-electron chi connectivity index (χ1n) is 9.62. The van der Waals surface area contributed by atoms with Gasteiger partial charge >= 0.3 is 0 Å². The van der Waals surface area contributed by atoms with Crippen LogP contribution in [-0.4, -0.2) is 26.6 Å². The number of aryl methyl sites for hydroxylation is 2. The van der Waals surface area contributed by atoms with E-state index in [2.05, 4.69) is 5.32 Å². The third kappa shape index (κ3) is 5.35. The summed E-state index contributed by atoms with van der Waals surface area (Å²) in [6.45, 7) is 7.66. The highest BCUT2D eigenvalue weighted by Crippen LogP contribution is 2.23. The molecule has 5 nitrogen and oxygen atoms in total. The standard InChI is InChI=1S/C22H30N2O3S/c1-6-18-10-14-20(15-11-18)24(28(5,26)27)17(4)22(25)23-21(7-2)19-12-8-16(3)9-13-19/h8-15,17,21H,6-7H2,1-5H3,(H,23,25)/t17-,21+/m0/s1. The normalized spacial score (nSPS) is 13.6. The lowest BCUT2D eigenvalue weighted by Crippen LogP contribution is -2.48. The number of nitrogens with one attached hydrogen (secondary N) is 1. The van der Waals surface area contributed by atoms with E-state index in [0.717, 1.165) is 29.4 Å². The van der Waals surface area contributed by atoms with Gasteiger partial charge in [-0.2, -0.15) is 0 Å². The maximum absolute atomic E-state index is 12.9. The number of hydrogen-bond donors (Lipinski definition) is 1. The topological polar surface area (TPSA) is 66.5 Å². The van der Waals surface area contributed by atoms with Gasteiger partial charge in [-0.15, -0.1) is 0 Å². The highest BCUT2D eigenvalue weighted by atomic mass is 32.2. The van der Waals surface area contributed by atoms with E-state index < -0.39 is 16.1 Å². The van der Waals surface area contributed by atoms with Gasteiger partial charge in [0.1, 0.15) is 6.04 Å². The molecule has 152 valence electrons. The smallest absolute Gasteiger partial charge is 0.244 e. The van der Waals surface area contributed by atoms with Crippen molar-refractivity contribution in [3.8, 4) is 0 Å². The van der Waals surface area contributed by atoms with Crippen LogP contribution >= 0.6 is 0 Å². The Bertz CT molecular complexity index is 890. The van der Waals surface area contributed by atoms with Crippen LogP contribution in [0.2, 0.25) is 0 Å². The molecule has 6 heteroatoms. The predicted molar refractivity (Wildman–Crippen MR) is 115 cm³/mol. The second-order valence-corrected chi connectivity index (χ2v) is 8.99. The maximum Gasteiger partial charge on any atom is 0.244 e. The molecule has 0 unspecified atom stereocenters. The minimum Gasteiger partial charge on any atom is -0.347 e. The van der Waals surface area contributed by atoms with Crippen LogP contribution in [-0.2, 0) is 21.2 Å². The monoisotopic (exact) mass is 402 g/mol. The molecule has 0 radical (unpaired) electrons. The first-order valence-corrected chi connectivity index (χ1v) is 11.5. The van der Waals surface area contributed by atoms with Gasteiger partial charge in [0.05, 0.1) is 18.0 Å². The van der Waals surface area contributed by atoms with E-state index in [1.807, 2.05) is 57.2 Å². The lowest BCUT2D eigenvalue weighted by atomic mass is 10.0. The number of anilines is 1. The number of amides is 1. The van der Waals surface area contributed by atoms with E-state index in [9.17, 15) is 13.2 Å². The minimum absolute atomic E-state index is 0.167. The van der Waals surface area contributed by atoms with E-state index in [0.29, 0.717) is 12.1 Å². The summed E-state index contributed by atoms with van der Waals surface area (Å²) in [5.74, 6) is -0.322. The van der Waals surface area contributed by atoms with Crippen LogP contribution in [0.1, 0.15) is 49.9 Å². The van der Waals surface area contributed by atoms with Crippen LogP contribution in [0.3, 0.4) is 0 Å². The average Bonchev–Trinajstić information content (AvgIpc) is 2.66. The van der Waals surface area contributed by atoms with Crippen molar-refractivity contribution in [3.05, 3.63) is 65.2 Å². The van der Waals surface area contributed by atoms with Gasteiger partial charge in [0.15, 0.2) is 0 Å². The molecule has 2 rings (SSSR count). The predicted octanol–water partition coefficient (Wildman–Crippen LogP) is 3.98. The second kappa shape index (κ2) is 9.24. The van der Waals surface area contributed by atoms with Crippen LogP contribution in [0.4, 0.5) is 5.69 Å². The highest BCUT2D eigenvalue weighted by Gasteiger charge is 2.30. The Balaban J connectivity index is 2.26. The second-order valence-electron chi connectivity index (χ2n) is 7.13. The van der Waals surface area contributed by atoms with Gasteiger partial charge in [-0.3, -0.25) is 9.10 Å². The molecule has 0 spiro atoms. The molecule has 0 aliphatic rings. The van der Waals surface area contributed by atoms with E-state index in [1.54, 1.807) is 19.1 Å². The molecule has 2 aromatic carbocycles. The lowest BCUT2D eigenvalue weighted by molar-refractivity contribution is -0.122. The van der Waals surface area contributed by atoms with Gasteiger partial charge in [-0.25, -0.2) is 8.42 Å². The lowest BCUT2D eigenvalue weighted by Gasteiger charge is -2.30. The Morgan fingerprint density at radius 2 is 1.61 bits per heavy atom. The van der Waals surface area contributed by atoms with Crippen molar-refractivity contribution in [1.29, 1.82) is 0 Å². The molecule has 1 N–H and O–H groups in total. The molecule has 0 bridgehead atoms. The first kappa shape index (κ1) is 22.0. The molecule has 0 fully saturated rings. The van der Waals surface area contributed by atoms with Crippen molar-refractivity contribution >= 4 is 21.6 Å². The minimum atomic E-state index is -3.62. The zero-order chi connectivity index (χ0) is 20.9. The molecule has 2 atom stereocenters. The van der Waals surface area contributed by atoms with Crippen molar-refractivity contribution in [3.63, 3.8) is 0 Å². The summed E-state index contributed by atoms with van der Waals surface area (Å²) >= 11 is 0. The van der Waals surface area contributed by atoms with Crippen molar-refractivity contribution < 1.29 is 13.2 Å². The van der Waals surface area contributed by atoms with Crippen LogP contribution in [0.25, 0.3) is 0 Å². The summed E-state index contributed by atoms with van der Waals surface area (Å²) in [5, 5.41) is 3.00. The number of carbonyl (C=O) groups is 1. The number of carbonyl (C=O) groups excluding carboxylic acids is 1. The fourth-order valence-electron chi connectivity index (χ4n) is 3.20. The van der Waals surface area contributed by atoms with Crippen molar-refractivity contribution in [2.75, 3.05) is 10.6 Å². The van der Waals surface area contributed by atoms with Gasteiger partial charge in [-0.1, -0.05) is 55.8 Å². The van der Waals surface area contributed by atoms with Gasteiger partial charge in [-0.05, 0) is 49.9 Å². The first-order chi connectivity index (χ1) is 13.2. The van der Waals surface area contributed by atoms with Crippen LogP contribution in [0, 0.1) is 6.92 Å². The number of benzene rings is 2. The van der Waals surface area contributed by atoms with E-state index >= 15 is 0 Å².